The van der Waals surface area contributed by atoms with Crippen molar-refractivity contribution in [2.75, 3.05) is 49.8 Å². The van der Waals surface area contributed by atoms with E-state index in [1.807, 2.05) is 42.5 Å². The number of carbonyl (C=O) groups excluding carboxylic acids is 4. The summed E-state index contributed by atoms with van der Waals surface area (Å²) in [5, 5.41) is 2.92. The van der Waals surface area contributed by atoms with Crippen LogP contribution in [0.5, 0.6) is 5.75 Å². The summed E-state index contributed by atoms with van der Waals surface area (Å²) in [6.07, 6.45) is 1.42. The zero-order chi connectivity index (χ0) is 39.1. The van der Waals surface area contributed by atoms with Crippen LogP contribution in [0.15, 0.2) is 66.7 Å². The van der Waals surface area contributed by atoms with Crippen molar-refractivity contribution >= 4 is 35.4 Å². The average Bonchev–Trinajstić information content (AvgIpc) is 3.93. The quantitative estimate of drug-likeness (QED) is 0.222. The van der Waals surface area contributed by atoms with E-state index in [0.717, 1.165) is 35.1 Å². The van der Waals surface area contributed by atoms with Crippen LogP contribution in [0, 0.1) is 5.92 Å². The minimum Gasteiger partial charge on any atom is -0.476 e. The van der Waals surface area contributed by atoms with Gasteiger partial charge >= 0.3 is 12.2 Å². The maximum absolute atomic E-state index is 14.8. The highest BCUT2D eigenvalue weighted by molar-refractivity contribution is 6.04. The molecule has 0 unspecified atom stereocenters. The second-order valence-corrected chi connectivity index (χ2v) is 16.5. The van der Waals surface area contributed by atoms with Gasteiger partial charge in [-0.25, -0.2) is 9.59 Å². The lowest BCUT2D eigenvalue weighted by atomic mass is 9.92. The third kappa shape index (κ3) is 8.15. The van der Waals surface area contributed by atoms with Crippen molar-refractivity contribution in [3.8, 4) is 16.9 Å². The number of amides is 4. The number of ether oxygens (including phenoxy) is 4. The van der Waals surface area contributed by atoms with Gasteiger partial charge in [0.15, 0.2) is 5.60 Å². The summed E-state index contributed by atoms with van der Waals surface area (Å²) >= 11 is 0. The van der Waals surface area contributed by atoms with Crippen molar-refractivity contribution in [2.24, 2.45) is 5.92 Å². The van der Waals surface area contributed by atoms with Crippen LogP contribution in [0.2, 0.25) is 0 Å². The highest BCUT2D eigenvalue weighted by Gasteiger charge is 2.44. The molecule has 4 amide bonds. The van der Waals surface area contributed by atoms with Gasteiger partial charge in [-0.15, -0.1) is 0 Å². The average molecular weight is 753 g/mol. The second-order valence-electron chi connectivity index (χ2n) is 16.5. The van der Waals surface area contributed by atoms with Gasteiger partial charge in [0, 0.05) is 51.0 Å². The molecular formula is C43H52N4O8. The molecule has 12 heteroatoms. The number of rotatable bonds is 10. The number of alkyl carbamates (subject to hydrolysis) is 1. The first-order valence-electron chi connectivity index (χ1n) is 19.3. The lowest BCUT2D eigenvalue weighted by Crippen LogP contribution is -2.56. The lowest BCUT2D eigenvalue weighted by Gasteiger charge is -2.40. The van der Waals surface area contributed by atoms with Crippen molar-refractivity contribution in [1.82, 2.24) is 10.2 Å². The van der Waals surface area contributed by atoms with Gasteiger partial charge in [-0.05, 0) is 101 Å². The van der Waals surface area contributed by atoms with Crippen LogP contribution >= 0.6 is 0 Å². The molecule has 2 aliphatic carbocycles. The molecule has 2 atom stereocenters. The Morgan fingerprint density at radius 1 is 0.964 bits per heavy atom. The molecule has 0 spiro atoms. The van der Waals surface area contributed by atoms with E-state index in [4.69, 9.17) is 18.9 Å². The Hall–Kier alpha value is -5.10. The summed E-state index contributed by atoms with van der Waals surface area (Å²) in [7, 11) is 1.63. The van der Waals surface area contributed by atoms with Gasteiger partial charge in [0.05, 0.1) is 17.6 Å². The highest BCUT2D eigenvalue weighted by Crippen LogP contribution is 2.45. The molecule has 3 aromatic rings. The van der Waals surface area contributed by atoms with E-state index in [9.17, 15) is 19.2 Å². The van der Waals surface area contributed by atoms with Gasteiger partial charge in [-0.1, -0.05) is 48.5 Å². The Morgan fingerprint density at radius 3 is 2.27 bits per heavy atom. The molecule has 2 heterocycles. The molecule has 1 saturated carbocycles. The Balaban J connectivity index is 1.13. The van der Waals surface area contributed by atoms with Crippen molar-refractivity contribution in [3.63, 3.8) is 0 Å². The van der Waals surface area contributed by atoms with E-state index in [-0.39, 0.29) is 43.5 Å². The minimum absolute atomic E-state index is 0.0359. The largest absolute Gasteiger partial charge is 0.476 e. The highest BCUT2D eigenvalue weighted by atomic mass is 16.6. The predicted octanol–water partition coefficient (Wildman–Crippen LogP) is 6.89. The minimum atomic E-state index is -1.05. The fourth-order valence-electron chi connectivity index (χ4n) is 8.03. The Morgan fingerprint density at radius 2 is 1.64 bits per heavy atom. The number of fused-ring (bicyclic) bond motifs is 4. The van der Waals surface area contributed by atoms with Gasteiger partial charge in [0.1, 0.15) is 18.0 Å². The molecule has 292 valence electrons. The summed E-state index contributed by atoms with van der Waals surface area (Å²) in [5.74, 6) is -0.544. The number of hydrogen-bond acceptors (Lipinski definition) is 8. The van der Waals surface area contributed by atoms with Crippen LogP contribution in [-0.4, -0.2) is 92.1 Å². The molecule has 0 aromatic heterocycles. The molecule has 12 nitrogen and oxygen atoms in total. The number of likely N-dealkylation sites (tertiary alicyclic amines) is 1. The number of benzene rings is 3. The lowest BCUT2D eigenvalue weighted by molar-refractivity contribution is -0.132. The fraction of sp³-hybridized carbons (Fsp3) is 0.488. The fourth-order valence-corrected chi connectivity index (χ4v) is 8.03. The molecule has 55 heavy (non-hydrogen) atoms. The Kier molecular flexibility index (Phi) is 10.6. The zero-order valence-corrected chi connectivity index (χ0v) is 32.6. The third-order valence-corrected chi connectivity index (χ3v) is 10.6. The van der Waals surface area contributed by atoms with Gasteiger partial charge in [-0.3, -0.25) is 9.59 Å². The first-order chi connectivity index (χ1) is 26.2. The standard InChI is InChI=1S/C43H52N4O8/c1-42(2,3)55-40(50)44-28-22-27(24-45(25-28)41(51)53-26-35-33-14-9-7-12-31(33)32-13-8-10-15-34(32)35)38(48)47(29-16-17-29)30-18-19-37-36(23-30)46(20-11-21-52-6)39(49)43(4,5)54-37/h7-10,12-15,18-19,23,27-29,35H,11,16-17,20-22,24-26H2,1-6H3,(H,44,50)/t27-,28+/m1/s1. The summed E-state index contributed by atoms with van der Waals surface area (Å²) in [6, 6.07) is 21.2. The van der Waals surface area contributed by atoms with Gasteiger partial charge in [-0.2, -0.15) is 0 Å². The molecular weight excluding hydrogens is 700 g/mol. The van der Waals surface area contributed by atoms with Crippen molar-refractivity contribution in [3.05, 3.63) is 77.9 Å². The SMILES string of the molecule is COCCCN1C(=O)C(C)(C)Oc2ccc(N(C(=O)[C@@H]3C[C@H](NC(=O)OC(C)(C)C)CN(C(=O)OCC4c5ccccc5-c5ccccc54)C3)C3CC3)cc21. The van der Waals surface area contributed by atoms with Gasteiger partial charge < -0.3 is 39.0 Å². The zero-order valence-electron chi connectivity index (χ0n) is 32.6. The third-order valence-electron chi connectivity index (χ3n) is 10.6. The maximum atomic E-state index is 14.8. The molecule has 1 saturated heterocycles. The number of nitrogens with one attached hydrogen (secondary N) is 1. The second kappa shape index (κ2) is 15.2. The van der Waals surface area contributed by atoms with Crippen LogP contribution in [0.25, 0.3) is 11.1 Å². The van der Waals surface area contributed by atoms with E-state index in [1.54, 1.807) is 51.5 Å². The first kappa shape index (κ1) is 38.2. The monoisotopic (exact) mass is 752 g/mol. The summed E-state index contributed by atoms with van der Waals surface area (Å²) in [6.45, 7) is 10.2. The Bertz CT molecular complexity index is 1910. The molecule has 0 bridgehead atoms. The summed E-state index contributed by atoms with van der Waals surface area (Å²) in [5.41, 5.74) is 3.94. The number of carbonyl (C=O) groups is 4. The van der Waals surface area contributed by atoms with Crippen LogP contribution in [0.3, 0.4) is 0 Å². The van der Waals surface area contributed by atoms with E-state index >= 15 is 0 Å². The maximum Gasteiger partial charge on any atom is 0.409 e. The molecule has 0 radical (unpaired) electrons. The summed E-state index contributed by atoms with van der Waals surface area (Å²) < 4.78 is 23.0. The van der Waals surface area contributed by atoms with E-state index in [2.05, 4.69) is 29.6 Å². The van der Waals surface area contributed by atoms with Crippen LogP contribution < -0.4 is 19.9 Å². The van der Waals surface area contributed by atoms with Gasteiger partial charge in [0.2, 0.25) is 5.91 Å². The number of methoxy groups -OCH3 is 1. The topological polar surface area (TPSA) is 127 Å². The number of nitrogens with zero attached hydrogens (tertiary/aromatic N) is 3. The predicted molar refractivity (Wildman–Crippen MR) is 208 cm³/mol. The van der Waals surface area contributed by atoms with Crippen LogP contribution in [0.4, 0.5) is 21.0 Å². The molecule has 7 rings (SSSR count). The molecule has 4 aliphatic rings. The van der Waals surface area contributed by atoms with Crippen LogP contribution in [0.1, 0.15) is 77.3 Å². The van der Waals surface area contributed by atoms with Crippen molar-refractivity contribution < 1.29 is 38.1 Å². The normalized spacial score (nSPS) is 20.1. The molecule has 3 aromatic carbocycles. The molecule has 2 aliphatic heterocycles. The van der Waals surface area contributed by atoms with Crippen molar-refractivity contribution in [2.45, 2.75) is 89.5 Å². The molecule has 2 fully saturated rings. The van der Waals surface area contributed by atoms with Crippen molar-refractivity contribution in [1.29, 1.82) is 0 Å². The number of anilines is 2. The van der Waals surface area contributed by atoms with E-state index < -0.39 is 35.3 Å². The Labute approximate surface area is 323 Å². The first-order valence-corrected chi connectivity index (χ1v) is 19.3. The number of hydrogen-bond donors (Lipinski definition) is 1. The van der Waals surface area contributed by atoms with Gasteiger partial charge in [0.25, 0.3) is 5.91 Å². The summed E-state index contributed by atoms with van der Waals surface area (Å²) in [4.78, 5) is 60.3. The van der Waals surface area contributed by atoms with E-state index in [1.165, 1.54) is 4.90 Å². The smallest absolute Gasteiger partial charge is 0.409 e. The number of piperidine rings is 1. The van der Waals surface area contributed by atoms with E-state index in [0.29, 0.717) is 43.1 Å². The molecule has 1 N–H and O–H groups in total. The van der Waals surface area contributed by atoms with Crippen LogP contribution in [-0.2, 0) is 23.8 Å².